The predicted octanol–water partition coefficient (Wildman–Crippen LogP) is 2.93. The first kappa shape index (κ1) is 12.1. The number of aryl methyl sites for hydroxylation is 1. The van der Waals surface area contributed by atoms with Gasteiger partial charge in [-0.05, 0) is 46.0 Å². The monoisotopic (exact) mass is 238 g/mol. The van der Waals surface area contributed by atoms with Gasteiger partial charge in [0, 0.05) is 15.3 Å². The van der Waals surface area contributed by atoms with Crippen LogP contribution in [0.5, 0.6) is 0 Å². The lowest BCUT2D eigenvalue weighted by Crippen LogP contribution is -2.50. The first-order valence-electron chi connectivity index (χ1n) is 6.05. The van der Waals surface area contributed by atoms with Gasteiger partial charge < -0.3 is 10.6 Å². The van der Waals surface area contributed by atoms with Gasteiger partial charge >= 0.3 is 0 Å². The molecule has 0 aromatic carbocycles. The molecule has 0 spiro atoms. The van der Waals surface area contributed by atoms with Crippen molar-refractivity contribution >= 4 is 11.3 Å². The third-order valence-corrected chi connectivity index (χ3v) is 5.09. The Kier molecular flexibility index (Phi) is 3.38. The van der Waals surface area contributed by atoms with Crippen LogP contribution in [0.3, 0.4) is 0 Å². The van der Waals surface area contributed by atoms with Crippen LogP contribution in [0.25, 0.3) is 0 Å². The van der Waals surface area contributed by atoms with Gasteiger partial charge in [-0.2, -0.15) is 0 Å². The van der Waals surface area contributed by atoms with E-state index in [2.05, 4.69) is 38.1 Å². The number of rotatable bonds is 3. The Balaban J connectivity index is 2.27. The number of nitrogens with zero attached hydrogens (tertiary/aromatic N) is 1. The molecule has 0 aliphatic heterocycles. The van der Waals surface area contributed by atoms with Crippen molar-refractivity contribution in [2.75, 3.05) is 14.1 Å². The number of hydrogen-bond acceptors (Lipinski definition) is 3. The van der Waals surface area contributed by atoms with E-state index in [-0.39, 0.29) is 11.6 Å². The maximum atomic E-state index is 6.52. The minimum absolute atomic E-state index is 0.170. The molecule has 1 aliphatic rings. The van der Waals surface area contributed by atoms with Gasteiger partial charge in [-0.15, -0.1) is 11.3 Å². The summed E-state index contributed by atoms with van der Waals surface area (Å²) in [5.41, 5.74) is 6.71. The summed E-state index contributed by atoms with van der Waals surface area (Å²) in [7, 11) is 4.34. The second-order valence-corrected chi connectivity index (χ2v) is 6.45. The van der Waals surface area contributed by atoms with Crippen molar-refractivity contribution in [2.45, 2.75) is 44.2 Å². The molecule has 1 heterocycles. The Labute approximate surface area is 102 Å². The largest absolute Gasteiger partial charge is 0.322 e. The Morgan fingerprint density at radius 2 is 1.94 bits per heavy atom. The molecule has 1 atom stereocenters. The highest BCUT2D eigenvalue weighted by atomic mass is 32.1. The van der Waals surface area contributed by atoms with Gasteiger partial charge in [0.15, 0.2) is 0 Å². The molecule has 1 fully saturated rings. The van der Waals surface area contributed by atoms with Crippen LogP contribution in [-0.4, -0.2) is 24.5 Å². The molecule has 90 valence electrons. The molecule has 2 nitrogen and oxygen atoms in total. The fraction of sp³-hybridized carbons (Fsp3) is 0.692. The fourth-order valence-corrected chi connectivity index (χ4v) is 3.90. The van der Waals surface area contributed by atoms with Crippen LogP contribution in [0.15, 0.2) is 12.1 Å². The van der Waals surface area contributed by atoms with E-state index in [0.717, 1.165) is 0 Å². The summed E-state index contributed by atoms with van der Waals surface area (Å²) >= 11 is 1.85. The van der Waals surface area contributed by atoms with Gasteiger partial charge in [-0.3, -0.25) is 0 Å². The Morgan fingerprint density at radius 1 is 1.31 bits per heavy atom. The van der Waals surface area contributed by atoms with Crippen molar-refractivity contribution in [1.29, 1.82) is 0 Å². The van der Waals surface area contributed by atoms with Crippen LogP contribution < -0.4 is 5.73 Å². The third-order valence-electron chi connectivity index (χ3n) is 4.01. The summed E-state index contributed by atoms with van der Waals surface area (Å²) in [6, 6.07) is 4.55. The first-order valence-corrected chi connectivity index (χ1v) is 6.87. The van der Waals surface area contributed by atoms with Crippen LogP contribution in [0.1, 0.15) is 41.5 Å². The molecule has 0 bridgehead atoms. The molecule has 2 rings (SSSR count). The SMILES string of the molecule is Cc1ccc(C(N)C2(N(C)C)CCCC2)s1. The molecule has 1 saturated carbocycles. The average Bonchev–Trinajstić information content (AvgIpc) is 2.85. The van der Waals surface area contributed by atoms with Crippen LogP contribution in [0.4, 0.5) is 0 Å². The van der Waals surface area contributed by atoms with Crippen molar-refractivity contribution in [3.05, 3.63) is 21.9 Å². The van der Waals surface area contributed by atoms with Crippen LogP contribution in [0.2, 0.25) is 0 Å². The lowest BCUT2D eigenvalue weighted by molar-refractivity contribution is 0.125. The molecule has 0 saturated heterocycles. The predicted molar refractivity (Wildman–Crippen MR) is 70.9 cm³/mol. The Hall–Kier alpha value is -0.380. The molecular formula is C13H22N2S. The summed E-state index contributed by atoms with van der Waals surface area (Å²) < 4.78 is 0. The van der Waals surface area contributed by atoms with Crippen molar-refractivity contribution in [3.8, 4) is 0 Å². The van der Waals surface area contributed by atoms with Gasteiger partial charge in [0.2, 0.25) is 0 Å². The highest BCUT2D eigenvalue weighted by Crippen LogP contribution is 2.43. The molecule has 1 aromatic rings. The van der Waals surface area contributed by atoms with Crippen molar-refractivity contribution in [1.82, 2.24) is 4.90 Å². The average molecular weight is 238 g/mol. The van der Waals surface area contributed by atoms with Crippen molar-refractivity contribution < 1.29 is 0 Å². The number of nitrogens with two attached hydrogens (primary N) is 1. The van der Waals surface area contributed by atoms with Crippen LogP contribution in [-0.2, 0) is 0 Å². The van der Waals surface area contributed by atoms with E-state index < -0.39 is 0 Å². The maximum absolute atomic E-state index is 6.52. The summed E-state index contributed by atoms with van der Waals surface area (Å²) in [5, 5.41) is 0. The Bertz CT molecular complexity index is 351. The molecule has 0 amide bonds. The maximum Gasteiger partial charge on any atom is 0.0576 e. The Morgan fingerprint density at radius 3 is 2.38 bits per heavy atom. The van der Waals surface area contributed by atoms with E-state index >= 15 is 0 Å². The highest BCUT2D eigenvalue weighted by molar-refractivity contribution is 7.12. The molecule has 3 heteroatoms. The molecule has 16 heavy (non-hydrogen) atoms. The van der Waals surface area contributed by atoms with Gasteiger partial charge in [0.1, 0.15) is 0 Å². The van der Waals surface area contributed by atoms with Crippen molar-refractivity contribution in [2.24, 2.45) is 5.73 Å². The smallest absolute Gasteiger partial charge is 0.0576 e. The standard InChI is InChI=1S/C13H22N2S/c1-10-6-7-11(16-10)12(14)13(15(2)3)8-4-5-9-13/h6-7,12H,4-5,8-9,14H2,1-3H3. The zero-order valence-corrected chi connectivity index (χ0v) is 11.3. The van der Waals surface area contributed by atoms with Crippen LogP contribution >= 0.6 is 11.3 Å². The minimum atomic E-state index is 0.170. The summed E-state index contributed by atoms with van der Waals surface area (Å²) in [6.45, 7) is 2.15. The second kappa shape index (κ2) is 4.47. The lowest BCUT2D eigenvalue weighted by atomic mass is 9.86. The van der Waals surface area contributed by atoms with Crippen LogP contribution in [0, 0.1) is 6.92 Å². The number of hydrogen-bond donors (Lipinski definition) is 1. The van der Waals surface area contributed by atoms with E-state index in [1.807, 2.05) is 11.3 Å². The van der Waals surface area contributed by atoms with Gasteiger partial charge in [-0.1, -0.05) is 12.8 Å². The topological polar surface area (TPSA) is 29.3 Å². The fourth-order valence-electron chi connectivity index (χ4n) is 2.91. The zero-order chi connectivity index (χ0) is 11.8. The van der Waals surface area contributed by atoms with E-state index in [4.69, 9.17) is 5.73 Å². The van der Waals surface area contributed by atoms with E-state index in [1.165, 1.54) is 35.4 Å². The number of thiophene rings is 1. The highest BCUT2D eigenvalue weighted by Gasteiger charge is 2.42. The van der Waals surface area contributed by atoms with Gasteiger partial charge in [0.25, 0.3) is 0 Å². The van der Waals surface area contributed by atoms with E-state index in [1.54, 1.807) is 0 Å². The molecule has 2 N–H and O–H groups in total. The first-order chi connectivity index (χ1) is 7.56. The molecular weight excluding hydrogens is 216 g/mol. The minimum Gasteiger partial charge on any atom is -0.322 e. The lowest BCUT2D eigenvalue weighted by Gasteiger charge is -2.41. The van der Waals surface area contributed by atoms with E-state index in [0.29, 0.717) is 0 Å². The zero-order valence-electron chi connectivity index (χ0n) is 10.5. The number of likely N-dealkylation sites (N-methyl/N-ethyl adjacent to an activating group) is 1. The summed E-state index contributed by atoms with van der Waals surface area (Å²) in [6.07, 6.45) is 5.10. The molecule has 1 aliphatic carbocycles. The van der Waals surface area contributed by atoms with Gasteiger partial charge in [-0.25, -0.2) is 0 Å². The van der Waals surface area contributed by atoms with Crippen molar-refractivity contribution in [3.63, 3.8) is 0 Å². The second-order valence-electron chi connectivity index (χ2n) is 5.13. The normalized spacial score (nSPS) is 21.6. The summed E-state index contributed by atoms with van der Waals surface area (Å²) in [4.78, 5) is 5.05. The molecule has 1 unspecified atom stereocenters. The quantitative estimate of drug-likeness (QED) is 0.877. The molecule has 1 aromatic heterocycles. The third kappa shape index (κ3) is 1.92. The summed E-state index contributed by atoms with van der Waals surface area (Å²) in [5.74, 6) is 0. The van der Waals surface area contributed by atoms with E-state index in [9.17, 15) is 0 Å². The molecule has 0 radical (unpaired) electrons. The van der Waals surface area contributed by atoms with Gasteiger partial charge in [0.05, 0.1) is 6.04 Å².